The number of nitrogens with one attached hydrogen (secondary N) is 1. The Balaban J connectivity index is 1.81. The number of benzene rings is 1. The fourth-order valence-corrected chi connectivity index (χ4v) is 2.74. The van der Waals surface area contributed by atoms with Gasteiger partial charge in [0.15, 0.2) is 0 Å². The fraction of sp³-hybridized carbons (Fsp3) is 0.412. The quantitative estimate of drug-likeness (QED) is 0.612. The van der Waals surface area contributed by atoms with E-state index in [0.29, 0.717) is 25.9 Å². The van der Waals surface area contributed by atoms with Gasteiger partial charge in [-0.2, -0.15) is 13.2 Å². The summed E-state index contributed by atoms with van der Waals surface area (Å²) in [7, 11) is 0. The second-order valence-electron chi connectivity index (χ2n) is 5.70. The molecule has 1 aliphatic rings. The van der Waals surface area contributed by atoms with Gasteiger partial charge in [0.1, 0.15) is 0 Å². The number of amides is 2. The van der Waals surface area contributed by atoms with Crippen LogP contribution in [0.4, 0.5) is 13.2 Å². The number of hydrogen-bond donors (Lipinski definition) is 1. The smallest absolute Gasteiger partial charge is 0.352 e. The Bertz CT molecular complexity index is 674. The number of carbonyl (C=O) groups is 2. The van der Waals surface area contributed by atoms with E-state index < -0.39 is 17.6 Å². The Hall–Kier alpha value is -2.02. The molecule has 0 atom stereocenters. The molecule has 0 aromatic heterocycles. The van der Waals surface area contributed by atoms with Crippen LogP contribution in [0.15, 0.2) is 24.3 Å². The highest BCUT2D eigenvalue weighted by Gasteiger charge is 2.33. The first-order chi connectivity index (χ1) is 11.8. The van der Waals surface area contributed by atoms with Gasteiger partial charge in [0.2, 0.25) is 11.8 Å². The first kappa shape index (κ1) is 19.3. The molecule has 2 amide bonds. The Kier molecular flexibility index (Phi) is 6.47. The van der Waals surface area contributed by atoms with Crippen LogP contribution in [0, 0.1) is 0 Å². The zero-order valence-electron chi connectivity index (χ0n) is 13.4. The summed E-state index contributed by atoms with van der Waals surface area (Å²) in [5.41, 5.74) is -0.707. The molecule has 1 heterocycles. The Morgan fingerprint density at radius 3 is 2.76 bits per heavy atom. The summed E-state index contributed by atoms with van der Waals surface area (Å²) in [6, 6.07) is 3.44. The summed E-state index contributed by atoms with van der Waals surface area (Å²) in [6.07, 6.45) is 0.00101. The minimum absolute atomic E-state index is 0.134. The molecule has 0 saturated carbocycles. The molecule has 0 unspecified atom stereocenters. The van der Waals surface area contributed by atoms with Crippen molar-refractivity contribution in [2.75, 3.05) is 19.6 Å². The second kappa shape index (κ2) is 8.38. The van der Waals surface area contributed by atoms with E-state index in [-0.39, 0.29) is 16.5 Å². The molecular weight excluding hydrogens is 357 g/mol. The lowest BCUT2D eigenvalue weighted by atomic mass is 10.1. The minimum Gasteiger partial charge on any atom is -0.352 e. The van der Waals surface area contributed by atoms with Crippen molar-refractivity contribution in [1.82, 2.24) is 10.2 Å². The van der Waals surface area contributed by atoms with Crippen LogP contribution in [0.2, 0.25) is 5.02 Å². The van der Waals surface area contributed by atoms with Crippen molar-refractivity contribution in [3.8, 4) is 0 Å². The van der Waals surface area contributed by atoms with Crippen LogP contribution in [0.25, 0.3) is 6.08 Å². The maximum Gasteiger partial charge on any atom is 0.417 e. The maximum atomic E-state index is 12.8. The van der Waals surface area contributed by atoms with Gasteiger partial charge in [-0.05, 0) is 36.6 Å². The topological polar surface area (TPSA) is 49.4 Å². The summed E-state index contributed by atoms with van der Waals surface area (Å²) >= 11 is 5.54. The van der Waals surface area contributed by atoms with Crippen LogP contribution in [-0.4, -0.2) is 36.3 Å². The van der Waals surface area contributed by atoms with Crippen molar-refractivity contribution in [1.29, 1.82) is 0 Å². The molecule has 0 radical (unpaired) electrons. The average Bonchev–Trinajstić information content (AvgIpc) is 2.95. The number of halogens is 4. The normalized spacial score (nSPS) is 15.2. The van der Waals surface area contributed by atoms with Crippen molar-refractivity contribution in [3.63, 3.8) is 0 Å². The standard InChI is InChI=1S/C17H18ClF3N2O2/c18-14-6-4-12(11-13(14)17(19,20)21)5-7-15(24)22-8-2-10-23-9-1-3-16(23)25/h4-7,11H,1-3,8-10H2,(H,22,24). The monoisotopic (exact) mass is 374 g/mol. The van der Waals surface area contributed by atoms with E-state index in [1.165, 1.54) is 18.2 Å². The van der Waals surface area contributed by atoms with Gasteiger partial charge < -0.3 is 10.2 Å². The third kappa shape index (κ3) is 5.77. The zero-order valence-corrected chi connectivity index (χ0v) is 14.2. The van der Waals surface area contributed by atoms with Crippen LogP contribution in [0.3, 0.4) is 0 Å². The predicted molar refractivity (Wildman–Crippen MR) is 88.9 cm³/mol. The number of likely N-dealkylation sites (tertiary alicyclic amines) is 1. The molecule has 0 bridgehead atoms. The van der Waals surface area contributed by atoms with Crippen molar-refractivity contribution in [2.24, 2.45) is 0 Å². The highest BCUT2D eigenvalue weighted by atomic mass is 35.5. The van der Waals surface area contributed by atoms with Crippen molar-refractivity contribution in [3.05, 3.63) is 40.4 Å². The summed E-state index contributed by atoms with van der Waals surface area (Å²) < 4.78 is 38.3. The second-order valence-corrected chi connectivity index (χ2v) is 6.11. The lowest BCUT2D eigenvalue weighted by Crippen LogP contribution is -2.29. The van der Waals surface area contributed by atoms with Gasteiger partial charge in [-0.25, -0.2) is 0 Å². The van der Waals surface area contributed by atoms with Crippen LogP contribution < -0.4 is 5.32 Å². The molecule has 0 spiro atoms. The van der Waals surface area contributed by atoms with Gasteiger partial charge in [0.05, 0.1) is 10.6 Å². The number of alkyl halides is 3. The molecule has 25 heavy (non-hydrogen) atoms. The van der Waals surface area contributed by atoms with Crippen LogP contribution in [-0.2, 0) is 15.8 Å². The number of carbonyl (C=O) groups excluding carboxylic acids is 2. The van der Waals surface area contributed by atoms with Gasteiger partial charge in [-0.1, -0.05) is 17.7 Å². The first-order valence-electron chi connectivity index (χ1n) is 7.88. The van der Waals surface area contributed by atoms with Gasteiger partial charge in [0.25, 0.3) is 0 Å². The van der Waals surface area contributed by atoms with Gasteiger partial charge in [0, 0.05) is 32.1 Å². The van der Waals surface area contributed by atoms with Gasteiger partial charge >= 0.3 is 6.18 Å². The molecule has 8 heteroatoms. The van der Waals surface area contributed by atoms with E-state index in [4.69, 9.17) is 11.6 Å². The highest BCUT2D eigenvalue weighted by molar-refractivity contribution is 6.31. The molecule has 1 saturated heterocycles. The molecule has 1 N–H and O–H groups in total. The Labute approximate surface area is 148 Å². The molecule has 1 aliphatic heterocycles. The fourth-order valence-electron chi connectivity index (χ4n) is 2.52. The first-order valence-corrected chi connectivity index (χ1v) is 8.25. The summed E-state index contributed by atoms with van der Waals surface area (Å²) in [5.74, 6) is -0.273. The predicted octanol–water partition coefficient (Wildman–Crippen LogP) is 3.50. The zero-order chi connectivity index (χ0) is 18.4. The molecule has 4 nitrogen and oxygen atoms in total. The van der Waals surface area contributed by atoms with E-state index in [1.54, 1.807) is 4.90 Å². The van der Waals surface area contributed by atoms with Gasteiger partial charge in [-0.15, -0.1) is 0 Å². The lowest BCUT2D eigenvalue weighted by Gasteiger charge is -2.14. The maximum absolute atomic E-state index is 12.8. The Morgan fingerprint density at radius 2 is 2.12 bits per heavy atom. The number of nitrogens with zero attached hydrogens (tertiary/aromatic N) is 1. The third-order valence-corrected chi connectivity index (χ3v) is 4.13. The van der Waals surface area contributed by atoms with Gasteiger partial charge in [-0.3, -0.25) is 9.59 Å². The average molecular weight is 375 g/mol. The summed E-state index contributed by atoms with van der Waals surface area (Å²) in [5, 5.41) is 2.25. The molecule has 2 rings (SSSR count). The van der Waals surface area contributed by atoms with E-state index >= 15 is 0 Å². The van der Waals surface area contributed by atoms with Crippen molar-refractivity contribution in [2.45, 2.75) is 25.4 Å². The summed E-state index contributed by atoms with van der Waals surface area (Å²) in [6.45, 7) is 1.74. The van der Waals surface area contributed by atoms with Crippen LogP contribution >= 0.6 is 11.6 Å². The van der Waals surface area contributed by atoms with E-state index in [9.17, 15) is 22.8 Å². The minimum atomic E-state index is -4.55. The van der Waals surface area contributed by atoms with Crippen LogP contribution in [0.1, 0.15) is 30.4 Å². The summed E-state index contributed by atoms with van der Waals surface area (Å²) in [4.78, 5) is 24.9. The van der Waals surface area contributed by atoms with Crippen LogP contribution in [0.5, 0.6) is 0 Å². The molecule has 136 valence electrons. The molecule has 1 fully saturated rings. The highest BCUT2D eigenvalue weighted by Crippen LogP contribution is 2.35. The Morgan fingerprint density at radius 1 is 1.36 bits per heavy atom. The lowest BCUT2D eigenvalue weighted by molar-refractivity contribution is -0.137. The molecule has 1 aromatic carbocycles. The van der Waals surface area contributed by atoms with E-state index in [1.807, 2.05) is 0 Å². The van der Waals surface area contributed by atoms with Crippen molar-refractivity contribution >= 4 is 29.5 Å². The van der Waals surface area contributed by atoms with E-state index in [2.05, 4.69) is 5.32 Å². The largest absolute Gasteiger partial charge is 0.417 e. The molecule has 1 aromatic rings. The molecular formula is C17H18ClF3N2O2. The third-order valence-electron chi connectivity index (χ3n) is 3.80. The van der Waals surface area contributed by atoms with E-state index in [0.717, 1.165) is 25.1 Å². The number of rotatable bonds is 6. The molecule has 0 aliphatic carbocycles. The van der Waals surface area contributed by atoms with Crippen molar-refractivity contribution < 1.29 is 22.8 Å². The SMILES string of the molecule is O=C(C=Cc1ccc(Cl)c(C(F)(F)F)c1)NCCCN1CCCC1=O. The number of hydrogen-bond acceptors (Lipinski definition) is 2.